The standard InChI is InChI=1S/C15H13BrClN3O2/c1-18-15(22)10-5-3-2-4-9(10)6-14(21)20-13-7-11(16)12(17)8-19-13/h2-5,7-8H,6H2,1H3,(H,18,22)(H,19,20,21). The lowest BCUT2D eigenvalue weighted by atomic mass is 10.0. The minimum Gasteiger partial charge on any atom is -0.355 e. The summed E-state index contributed by atoms with van der Waals surface area (Å²) >= 11 is 9.12. The van der Waals surface area contributed by atoms with Crippen LogP contribution in [0.4, 0.5) is 5.82 Å². The molecule has 2 amide bonds. The Labute approximate surface area is 141 Å². The molecular weight excluding hydrogens is 370 g/mol. The number of nitrogens with one attached hydrogen (secondary N) is 2. The highest BCUT2D eigenvalue weighted by atomic mass is 79.9. The van der Waals surface area contributed by atoms with Gasteiger partial charge in [0.2, 0.25) is 5.91 Å². The monoisotopic (exact) mass is 381 g/mol. The number of benzene rings is 1. The topological polar surface area (TPSA) is 71.1 Å². The van der Waals surface area contributed by atoms with E-state index in [1.54, 1.807) is 37.4 Å². The van der Waals surface area contributed by atoms with Gasteiger partial charge in [0.15, 0.2) is 0 Å². The average molecular weight is 383 g/mol. The lowest BCUT2D eigenvalue weighted by Crippen LogP contribution is -2.22. The number of hydrogen-bond donors (Lipinski definition) is 2. The van der Waals surface area contributed by atoms with Crippen molar-refractivity contribution in [3.05, 3.63) is 57.2 Å². The van der Waals surface area contributed by atoms with E-state index in [2.05, 4.69) is 31.5 Å². The second-order valence-electron chi connectivity index (χ2n) is 4.44. The van der Waals surface area contributed by atoms with E-state index in [9.17, 15) is 9.59 Å². The maximum Gasteiger partial charge on any atom is 0.251 e. The van der Waals surface area contributed by atoms with Gasteiger partial charge in [-0.25, -0.2) is 4.98 Å². The molecule has 0 aliphatic carbocycles. The molecule has 2 N–H and O–H groups in total. The van der Waals surface area contributed by atoms with Gasteiger partial charge in [0.1, 0.15) is 5.82 Å². The number of rotatable bonds is 4. The Bertz CT molecular complexity index is 722. The van der Waals surface area contributed by atoms with E-state index < -0.39 is 0 Å². The van der Waals surface area contributed by atoms with Crippen molar-refractivity contribution in [2.24, 2.45) is 0 Å². The number of hydrogen-bond acceptors (Lipinski definition) is 3. The van der Waals surface area contributed by atoms with Gasteiger partial charge in [0, 0.05) is 23.3 Å². The van der Waals surface area contributed by atoms with Crippen LogP contribution in [0.1, 0.15) is 15.9 Å². The number of carbonyl (C=O) groups excluding carboxylic acids is 2. The summed E-state index contributed by atoms with van der Waals surface area (Å²) in [5, 5.41) is 5.69. The molecule has 0 aliphatic rings. The molecular formula is C15H13BrClN3O2. The van der Waals surface area contributed by atoms with Gasteiger partial charge in [-0.05, 0) is 33.6 Å². The fourth-order valence-corrected chi connectivity index (χ4v) is 2.30. The number of carbonyl (C=O) groups is 2. The van der Waals surface area contributed by atoms with Crippen LogP contribution < -0.4 is 10.6 Å². The van der Waals surface area contributed by atoms with Gasteiger partial charge in [0.25, 0.3) is 5.91 Å². The summed E-state index contributed by atoms with van der Waals surface area (Å²) in [7, 11) is 1.55. The molecule has 22 heavy (non-hydrogen) atoms. The van der Waals surface area contributed by atoms with E-state index in [-0.39, 0.29) is 18.2 Å². The first-order chi connectivity index (χ1) is 10.5. The number of nitrogens with zero attached hydrogens (tertiary/aromatic N) is 1. The van der Waals surface area contributed by atoms with Crippen LogP contribution in [0, 0.1) is 0 Å². The van der Waals surface area contributed by atoms with Gasteiger partial charge in [0.05, 0.1) is 11.4 Å². The van der Waals surface area contributed by atoms with Gasteiger partial charge < -0.3 is 10.6 Å². The van der Waals surface area contributed by atoms with Crippen molar-refractivity contribution in [1.82, 2.24) is 10.3 Å². The molecule has 2 rings (SSSR count). The number of amides is 2. The van der Waals surface area contributed by atoms with Crippen molar-refractivity contribution in [2.75, 3.05) is 12.4 Å². The minimum absolute atomic E-state index is 0.0749. The second-order valence-corrected chi connectivity index (χ2v) is 5.71. The SMILES string of the molecule is CNC(=O)c1ccccc1CC(=O)Nc1cc(Br)c(Cl)cn1. The highest BCUT2D eigenvalue weighted by Gasteiger charge is 2.13. The Morgan fingerprint density at radius 1 is 1.32 bits per heavy atom. The Kier molecular flexibility index (Phi) is 5.51. The molecule has 2 aromatic rings. The minimum atomic E-state index is -0.266. The maximum atomic E-state index is 12.1. The molecule has 0 atom stereocenters. The van der Waals surface area contributed by atoms with E-state index in [1.165, 1.54) is 6.20 Å². The summed E-state index contributed by atoms with van der Waals surface area (Å²) in [6.45, 7) is 0. The summed E-state index contributed by atoms with van der Waals surface area (Å²) in [5.41, 5.74) is 1.12. The van der Waals surface area contributed by atoms with Gasteiger partial charge in [-0.1, -0.05) is 29.8 Å². The quantitative estimate of drug-likeness (QED) is 0.854. The Balaban J connectivity index is 2.12. The molecule has 0 saturated heterocycles. The lowest BCUT2D eigenvalue weighted by molar-refractivity contribution is -0.115. The molecule has 1 aromatic heterocycles. The summed E-state index contributed by atoms with van der Waals surface area (Å²) in [5.74, 6) is -0.104. The van der Waals surface area contributed by atoms with Crippen LogP contribution >= 0.6 is 27.5 Å². The lowest BCUT2D eigenvalue weighted by Gasteiger charge is -2.09. The molecule has 5 nitrogen and oxygen atoms in total. The number of pyridine rings is 1. The molecule has 0 bridgehead atoms. The number of aromatic nitrogens is 1. The van der Waals surface area contributed by atoms with Crippen LogP contribution in [0.5, 0.6) is 0 Å². The van der Waals surface area contributed by atoms with Crippen molar-refractivity contribution in [3.8, 4) is 0 Å². The van der Waals surface area contributed by atoms with Gasteiger partial charge >= 0.3 is 0 Å². The van der Waals surface area contributed by atoms with Gasteiger partial charge in [-0.15, -0.1) is 0 Å². The molecule has 0 fully saturated rings. The first-order valence-electron chi connectivity index (χ1n) is 6.42. The van der Waals surface area contributed by atoms with E-state index in [0.717, 1.165) is 0 Å². The van der Waals surface area contributed by atoms with Crippen LogP contribution in [-0.2, 0) is 11.2 Å². The zero-order chi connectivity index (χ0) is 16.1. The summed E-state index contributed by atoms with van der Waals surface area (Å²) in [4.78, 5) is 27.9. The molecule has 0 aliphatic heterocycles. The van der Waals surface area contributed by atoms with Crippen LogP contribution in [0.15, 0.2) is 41.0 Å². The molecule has 1 heterocycles. The first kappa shape index (κ1) is 16.5. The third-order valence-electron chi connectivity index (χ3n) is 2.92. The first-order valence-corrected chi connectivity index (χ1v) is 7.59. The number of halogens is 2. The normalized spacial score (nSPS) is 10.1. The van der Waals surface area contributed by atoms with Crippen molar-refractivity contribution < 1.29 is 9.59 Å². The molecule has 0 radical (unpaired) electrons. The van der Waals surface area contributed by atoms with Crippen LogP contribution in [0.2, 0.25) is 5.02 Å². The fraction of sp³-hybridized carbons (Fsp3) is 0.133. The van der Waals surface area contributed by atoms with E-state index in [4.69, 9.17) is 11.6 Å². The summed E-state index contributed by atoms with van der Waals surface area (Å²) < 4.78 is 0.644. The highest BCUT2D eigenvalue weighted by Crippen LogP contribution is 2.23. The van der Waals surface area contributed by atoms with E-state index in [0.29, 0.717) is 26.4 Å². The third-order valence-corrected chi connectivity index (χ3v) is 4.10. The highest BCUT2D eigenvalue weighted by molar-refractivity contribution is 9.10. The molecule has 7 heteroatoms. The summed E-state index contributed by atoms with van der Waals surface area (Å²) in [6.07, 6.45) is 1.52. The molecule has 0 spiro atoms. The Hall–Kier alpha value is -1.92. The molecule has 114 valence electrons. The van der Waals surface area contributed by atoms with Crippen molar-refractivity contribution in [1.29, 1.82) is 0 Å². The smallest absolute Gasteiger partial charge is 0.251 e. The summed E-state index contributed by atoms with van der Waals surface area (Å²) in [6, 6.07) is 8.58. The molecule has 0 saturated carbocycles. The Morgan fingerprint density at radius 2 is 2.05 bits per heavy atom. The third kappa shape index (κ3) is 4.05. The maximum absolute atomic E-state index is 12.1. The fourth-order valence-electron chi connectivity index (χ4n) is 1.87. The van der Waals surface area contributed by atoms with E-state index in [1.807, 2.05) is 0 Å². The van der Waals surface area contributed by atoms with Crippen molar-refractivity contribution >= 4 is 45.2 Å². The largest absolute Gasteiger partial charge is 0.355 e. The second kappa shape index (κ2) is 7.38. The van der Waals surface area contributed by atoms with Crippen molar-refractivity contribution in [3.63, 3.8) is 0 Å². The predicted octanol–water partition coefficient (Wildman–Crippen LogP) is 3.04. The zero-order valence-corrected chi connectivity index (χ0v) is 14.0. The molecule has 1 aromatic carbocycles. The van der Waals surface area contributed by atoms with Crippen LogP contribution in [0.3, 0.4) is 0 Å². The van der Waals surface area contributed by atoms with Gasteiger partial charge in [-0.3, -0.25) is 9.59 Å². The number of anilines is 1. The zero-order valence-electron chi connectivity index (χ0n) is 11.7. The van der Waals surface area contributed by atoms with E-state index >= 15 is 0 Å². The van der Waals surface area contributed by atoms with Crippen molar-refractivity contribution in [2.45, 2.75) is 6.42 Å². The van der Waals surface area contributed by atoms with Gasteiger partial charge in [-0.2, -0.15) is 0 Å². The predicted molar refractivity (Wildman–Crippen MR) is 89.1 cm³/mol. The molecule has 0 unspecified atom stereocenters. The average Bonchev–Trinajstić information content (AvgIpc) is 2.50. The Morgan fingerprint density at radius 3 is 2.73 bits per heavy atom. The van der Waals surface area contributed by atoms with Crippen LogP contribution in [0.25, 0.3) is 0 Å². The van der Waals surface area contributed by atoms with Crippen LogP contribution in [-0.4, -0.2) is 23.8 Å².